The highest BCUT2D eigenvalue weighted by molar-refractivity contribution is 5.72. The number of aromatic nitrogens is 1. The molecule has 218 valence electrons. The summed E-state index contributed by atoms with van der Waals surface area (Å²) >= 11 is 0. The van der Waals surface area contributed by atoms with Gasteiger partial charge >= 0.3 is 6.09 Å². The van der Waals surface area contributed by atoms with Crippen molar-refractivity contribution in [2.24, 2.45) is 0 Å². The molecule has 0 spiro atoms. The Hall–Kier alpha value is -4.59. The number of pyridine rings is 1. The molecule has 42 heavy (non-hydrogen) atoms. The van der Waals surface area contributed by atoms with E-state index in [2.05, 4.69) is 11.9 Å². The molecule has 0 N–H and O–H groups in total. The van der Waals surface area contributed by atoms with E-state index in [9.17, 15) is 4.79 Å². The highest BCUT2D eigenvalue weighted by atomic mass is 19.1. The van der Waals surface area contributed by atoms with Crippen LogP contribution < -0.4 is 14.4 Å². The lowest BCUT2D eigenvalue weighted by Crippen LogP contribution is -2.49. The molecule has 0 aliphatic carbocycles. The number of anilines is 1. The van der Waals surface area contributed by atoms with Crippen LogP contribution in [-0.4, -0.2) is 48.8 Å². The first-order chi connectivity index (χ1) is 20.6. The lowest BCUT2D eigenvalue weighted by atomic mass is 10.1. The molecule has 0 radical (unpaired) electrons. The van der Waals surface area contributed by atoms with Crippen molar-refractivity contribution in [1.82, 2.24) is 9.88 Å². The summed E-state index contributed by atoms with van der Waals surface area (Å²) in [6, 6.07) is 28.5. The van der Waals surface area contributed by atoms with Gasteiger partial charge in [0.25, 0.3) is 0 Å². The Morgan fingerprint density at radius 2 is 1.50 bits per heavy atom. The molecule has 7 nitrogen and oxygen atoms in total. The molecule has 2 heterocycles. The second kappa shape index (κ2) is 14.3. The van der Waals surface area contributed by atoms with Crippen LogP contribution in [0.1, 0.15) is 30.9 Å². The molecular weight excluding hydrogens is 533 g/mol. The fourth-order valence-corrected chi connectivity index (χ4v) is 4.75. The number of nitrogens with zero attached hydrogens (tertiary/aromatic N) is 3. The van der Waals surface area contributed by atoms with Crippen LogP contribution in [0.4, 0.5) is 14.9 Å². The molecule has 1 saturated heterocycles. The van der Waals surface area contributed by atoms with Gasteiger partial charge in [-0.2, -0.15) is 4.98 Å². The van der Waals surface area contributed by atoms with Crippen LogP contribution in [0.5, 0.6) is 11.8 Å². The van der Waals surface area contributed by atoms with Gasteiger partial charge in [0.2, 0.25) is 11.8 Å². The van der Waals surface area contributed by atoms with Crippen molar-refractivity contribution in [2.45, 2.75) is 33.0 Å². The van der Waals surface area contributed by atoms with Crippen molar-refractivity contribution in [3.05, 3.63) is 108 Å². The number of carbonyl (C=O) groups is 1. The summed E-state index contributed by atoms with van der Waals surface area (Å²) in [6.07, 6.45) is 1.52. The minimum atomic E-state index is -0.343. The van der Waals surface area contributed by atoms with Crippen molar-refractivity contribution in [2.75, 3.05) is 37.7 Å². The fraction of sp³-hybridized carbons (Fsp3) is 0.294. The highest BCUT2D eigenvalue weighted by Gasteiger charge is 2.24. The average molecular weight is 570 g/mol. The van der Waals surface area contributed by atoms with E-state index in [1.165, 1.54) is 6.07 Å². The summed E-state index contributed by atoms with van der Waals surface area (Å²) in [4.78, 5) is 20.6. The number of amides is 1. The van der Waals surface area contributed by atoms with E-state index in [1.807, 2.05) is 77.7 Å². The number of hydrogen-bond donors (Lipinski definition) is 0. The molecule has 1 aromatic heterocycles. The van der Waals surface area contributed by atoms with E-state index in [0.29, 0.717) is 74.6 Å². The molecule has 4 aromatic rings. The van der Waals surface area contributed by atoms with Gasteiger partial charge in [-0.3, -0.25) is 0 Å². The normalized spacial score (nSPS) is 13.1. The monoisotopic (exact) mass is 569 g/mol. The van der Waals surface area contributed by atoms with Crippen LogP contribution in [0.25, 0.3) is 11.1 Å². The maximum absolute atomic E-state index is 15.5. The number of halogens is 1. The highest BCUT2D eigenvalue weighted by Crippen LogP contribution is 2.34. The lowest BCUT2D eigenvalue weighted by molar-refractivity contribution is 0.0989. The van der Waals surface area contributed by atoms with E-state index in [4.69, 9.17) is 14.2 Å². The van der Waals surface area contributed by atoms with E-state index < -0.39 is 0 Å². The van der Waals surface area contributed by atoms with Crippen LogP contribution in [0.2, 0.25) is 0 Å². The summed E-state index contributed by atoms with van der Waals surface area (Å²) in [5.74, 6) is 0.450. The topological polar surface area (TPSA) is 64.1 Å². The molecule has 0 atom stereocenters. The van der Waals surface area contributed by atoms with Gasteiger partial charge in [-0.25, -0.2) is 9.18 Å². The number of piperazine rings is 1. The minimum Gasteiger partial charge on any atom is -0.473 e. The Bertz CT molecular complexity index is 1440. The van der Waals surface area contributed by atoms with Crippen molar-refractivity contribution in [1.29, 1.82) is 0 Å². The Morgan fingerprint density at radius 3 is 2.14 bits per heavy atom. The number of ether oxygens (including phenoxy) is 3. The number of rotatable bonds is 11. The first-order valence-corrected chi connectivity index (χ1v) is 14.4. The van der Waals surface area contributed by atoms with E-state index in [-0.39, 0.29) is 11.9 Å². The minimum absolute atomic E-state index is 0.300. The maximum atomic E-state index is 15.5. The molecule has 3 aromatic carbocycles. The van der Waals surface area contributed by atoms with Crippen molar-refractivity contribution in [3.63, 3.8) is 0 Å². The molecule has 1 amide bonds. The summed E-state index contributed by atoms with van der Waals surface area (Å²) in [7, 11) is 0. The quantitative estimate of drug-likeness (QED) is 0.180. The summed E-state index contributed by atoms with van der Waals surface area (Å²) < 4.78 is 32.9. The smallest absolute Gasteiger partial charge is 0.409 e. The zero-order chi connectivity index (χ0) is 29.1. The molecule has 8 heteroatoms. The summed E-state index contributed by atoms with van der Waals surface area (Å²) in [5, 5.41) is 0. The van der Waals surface area contributed by atoms with Gasteiger partial charge in [-0.05, 0) is 41.3 Å². The van der Waals surface area contributed by atoms with Crippen LogP contribution in [0.3, 0.4) is 0 Å². The Kier molecular flexibility index (Phi) is 9.88. The molecule has 0 saturated carbocycles. The Morgan fingerprint density at radius 1 is 0.833 bits per heavy atom. The maximum Gasteiger partial charge on any atom is 0.409 e. The third-order valence-corrected chi connectivity index (χ3v) is 7.14. The standard InChI is InChI=1S/C34H36FN3O4/c1-2-3-22-40-34(39)38-20-18-37(19-21-38)31-16-14-28(23-30(31)35)29-15-17-32(41-24-26-10-6-4-7-11-26)36-33(29)42-25-27-12-8-5-9-13-27/h4-17,23H,2-3,18-22,24-25H2,1H3. The largest absolute Gasteiger partial charge is 0.473 e. The number of carbonyl (C=O) groups excluding carboxylic acids is 1. The lowest BCUT2D eigenvalue weighted by Gasteiger charge is -2.35. The first-order valence-electron chi connectivity index (χ1n) is 14.4. The van der Waals surface area contributed by atoms with Gasteiger partial charge in [0, 0.05) is 37.8 Å². The van der Waals surface area contributed by atoms with Gasteiger partial charge in [-0.1, -0.05) is 80.1 Å². The number of benzene rings is 3. The average Bonchev–Trinajstić information content (AvgIpc) is 3.04. The van der Waals surface area contributed by atoms with Gasteiger partial charge < -0.3 is 24.0 Å². The molecule has 1 aliphatic rings. The van der Waals surface area contributed by atoms with Gasteiger partial charge in [0.05, 0.1) is 12.3 Å². The molecule has 1 aliphatic heterocycles. The van der Waals surface area contributed by atoms with Crippen LogP contribution >= 0.6 is 0 Å². The fourth-order valence-electron chi connectivity index (χ4n) is 4.75. The summed E-state index contributed by atoms with van der Waals surface area (Å²) in [6.45, 7) is 5.19. The third-order valence-electron chi connectivity index (χ3n) is 7.14. The molecule has 1 fully saturated rings. The molecule has 0 bridgehead atoms. The second-order valence-electron chi connectivity index (χ2n) is 10.2. The van der Waals surface area contributed by atoms with Crippen molar-refractivity contribution < 1.29 is 23.4 Å². The first kappa shape index (κ1) is 28.9. The van der Waals surface area contributed by atoms with E-state index >= 15 is 4.39 Å². The summed E-state index contributed by atoms with van der Waals surface area (Å²) in [5.41, 5.74) is 3.85. The van der Waals surface area contributed by atoms with Crippen LogP contribution in [-0.2, 0) is 18.0 Å². The zero-order valence-corrected chi connectivity index (χ0v) is 23.9. The van der Waals surface area contributed by atoms with Crippen molar-refractivity contribution in [3.8, 4) is 22.9 Å². The number of unbranched alkanes of at least 4 members (excludes halogenated alkanes) is 1. The Labute approximate surface area is 246 Å². The zero-order valence-electron chi connectivity index (χ0n) is 23.9. The predicted octanol–water partition coefficient (Wildman–Crippen LogP) is 7.10. The predicted molar refractivity (Wildman–Crippen MR) is 161 cm³/mol. The number of hydrogen-bond acceptors (Lipinski definition) is 6. The van der Waals surface area contributed by atoms with E-state index in [1.54, 1.807) is 17.0 Å². The molecular formula is C34H36FN3O4. The second-order valence-corrected chi connectivity index (χ2v) is 10.2. The molecule has 5 rings (SSSR count). The SMILES string of the molecule is CCCCOC(=O)N1CCN(c2ccc(-c3ccc(OCc4ccccc4)nc3OCc3ccccc3)cc2F)CC1. The van der Waals surface area contributed by atoms with Gasteiger partial charge in [0.1, 0.15) is 19.0 Å². The Balaban J connectivity index is 1.30. The van der Waals surface area contributed by atoms with Gasteiger partial charge in [0.15, 0.2) is 0 Å². The van der Waals surface area contributed by atoms with Crippen LogP contribution in [0, 0.1) is 5.82 Å². The third kappa shape index (κ3) is 7.57. The molecule has 0 unspecified atom stereocenters. The van der Waals surface area contributed by atoms with Crippen LogP contribution in [0.15, 0.2) is 91.0 Å². The van der Waals surface area contributed by atoms with Gasteiger partial charge in [-0.15, -0.1) is 0 Å². The van der Waals surface area contributed by atoms with E-state index in [0.717, 1.165) is 24.0 Å². The van der Waals surface area contributed by atoms with Crippen molar-refractivity contribution >= 4 is 11.8 Å².